The number of fused-ring (bicyclic) bond motifs is 3. The number of anilines is 1. The molecule has 1 amide bonds. The molecule has 0 spiro atoms. The van der Waals surface area contributed by atoms with Gasteiger partial charge in [0.1, 0.15) is 24.0 Å². The number of halogens is 3. The van der Waals surface area contributed by atoms with E-state index in [9.17, 15) is 22.0 Å². The summed E-state index contributed by atoms with van der Waals surface area (Å²) in [6, 6.07) is 17.6. The molecular formula is C42H35ClF2N10O4S. The van der Waals surface area contributed by atoms with Gasteiger partial charge in [0.05, 0.1) is 67.4 Å². The van der Waals surface area contributed by atoms with E-state index in [1.54, 1.807) is 55.3 Å². The van der Waals surface area contributed by atoms with Gasteiger partial charge in [-0.1, -0.05) is 35.9 Å². The first kappa shape index (κ1) is 38.9. The first-order valence-corrected chi connectivity index (χ1v) is 21.2. The van der Waals surface area contributed by atoms with Gasteiger partial charge in [-0.25, -0.2) is 22.2 Å². The van der Waals surface area contributed by atoms with E-state index in [4.69, 9.17) is 21.7 Å². The van der Waals surface area contributed by atoms with Gasteiger partial charge in [-0.3, -0.25) is 38.2 Å². The number of carbonyl (C=O) groups is 1. The largest absolute Gasteiger partial charge is 0.344 e. The Bertz CT molecular complexity index is 3220. The van der Waals surface area contributed by atoms with Crippen molar-refractivity contribution in [3.8, 4) is 16.9 Å². The molecule has 60 heavy (non-hydrogen) atoms. The molecule has 2 N–H and O–H groups in total. The van der Waals surface area contributed by atoms with E-state index in [1.165, 1.54) is 15.3 Å². The van der Waals surface area contributed by atoms with Gasteiger partial charge in [-0.05, 0) is 67.8 Å². The van der Waals surface area contributed by atoms with Crippen LogP contribution >= 0.6 is 11.6 Å². The lowest BCUT2D eigenvalue weighted by molar-refractivity contribution is -0.122. The molecular weight excluding hydrogens is 814 g/mol. The Labute approximate surface area is 345 Å². The molecule has 4 aromatic carbocycles. The van der Waals surface area contributed by atoms with Crippen molar-refractivity contribution < 1.29 is 22.0 Å². The predicted molar refractivity (Wildman–Crippen MR) is 224 cm³/mol. The Kier molecular flexibility index (Phi) is 9.66. The van der Waals surface area contributed by atoms with Crippen molar-refractivity contribution >= 4 is 66.1 Å². The molecule has 0 radical (unpaired) electrons. The summed E-state index contributed by atoms with van der Waals surface area (Å²) in [6.45, 7) is 1.58. The molecule has 4 heterocycles. The molecule has 0 unspecified atom stereocenters. The summed E-state index contributed by atoms with van der Waals surface area (Å²) in [7, 11) is -2.26. The molecule has 1 fully saturated rings. The molecule has 18 heteroatoms. The van der Waals surface area contributed by atoms with Gasteiger partial charge in [-0.2, -0.15) is 10.2 Å². The number of rotatable bonds is 11. The summed E-state index contributed by atoms with van der Waals surface area (Å²) in [4.78, 5) is 43.3. The Hall–Kier alpha value is -6.59. The van der Waals surface area contributed by atoms with Crippen molar-refractivity contribution in [2.45, 2.75) is 44.7 Å². The first-order chi connectivity index (χ1) is 28.7. The minimum Gasteiger partial charge on any atom is -0.344 e. The smallest absolute Gasteiger partial charge is 0.266 e. The minimum absolute atomic E-state index is 0.00928. The lowest BCUT2D eigenvalue weighted by Crippen LogP contribution is -2.37. The molecule has 14 nitrogen and oxygen atoms in total. The normalized spacial score (nSPS) is 13.6. The van der Waals surface area contributed by atoms with E-state index >= 15 is 4.79 Å². The van der Waals surface area contributed by atoms with Gasteiger partial charge in [0.15, 0.2) is 5.82 Å². The number of sulfonamides is 1. The monoisotopic (exact) mass is 848 g/mol. The van der Waals surface area contributed by atoms with Crippen LogP contribution in [-0.4, -0.2) is 59.7 Å². The van der Waals surface area contributed by atoms with Crippen molar-refractivity contribution in [2.75, 3.05) is 11.0 Å². The fourth-order valence-electron chi connectivity index (χ4n) is 7.77. The van der Waals surface area contributed by atoms with Gasteiger partial charge < -0.3 is 5.32 Å². The second-order valence-electron chi connectivity index (χ2n) is 14.9. The summed E-state index contributed by atoms with van der Waals surface area (Å²) in [5.41, 5.74) is 3.77. The summed E-state index contributed by atoms with van der Waals surface area (Å²) in [6.07, 6.45) is 5.89. The van der Waals surface area contributed by atoms with E-state index < -0.39 is 39.2 Å². The molecule has 1 aliphatic carbocycles. The molecule has 1 atom stereocenters. The molecule has 1 saturated carbocycles. The average Bonchev–Trinajstić information content (AvgIpc) is 3.90. The van der Waals surface area contributed by atoms with Crippen LogP contribution in [0.25, 0.3) is 49.7 Å². The van der Waals surface area contributed by atoms with Gasteiger partial charge in [0.2, 0.25) is 15.9 Å². The number of hydrogen-bond acceptors (Lipinski definition) is 9. The summed E-state index contributed by atoms with van der Waals surface area (Å²) in [5.74, 6) is -1.97. The number of hydrogen-bond donors (Lipinski definition) is 2. The quantitative estimate of drug-likeness (QED) is 0.144. The highest BCUT2D eigenvalue weighted by atomic mass is 35.5. The van der Waals surface area contributed by atoms with Crippen LogP contribution < -0.4 is 15.6 Å². The van der Waals surface area contributed by atoms with E-state index in [0.29, 0.717) is 22.9 Å². The van der Waals surface area contributed by atoms with Crippen LogP contribution in [0.5, 0.6) is 0 Å². The average molecular weight is 849 g/mol. The SMILES string of the molecule is Cc1nccnc1-c1ccc2c(=O)n(-c3ccc(Cl)c4c(NS(C)(=O)=O)nn(C)c34)c([C@H](Cc3cc(F)cc(F)c3)NC(=O)Cn3nc(C4CC4)c4ccccc43)nc2c1. The zero-order valence-corrected chi connectivity index (χ0v) is 33.9. The minimum atomic E-state index is -3.82. The number of amides is 1. The van der Waals surface area contributed by atoms with Gasteiger partial charge in [0, 0.05) is 48.8 Å². The van der Waals surface area contributed by atoms with Crippen LogP contribution in [0.1, 0.15) is 47.6 Å². The number of nitrogens with one attached hydrogen (secondary N) is 2. The number of aryl methyl sites for hydroxylation is 2. The summed E-state index contributed by atoms with van der Waals surface area (Å²) in [5, 5.41) is 13.7. The van der Waals surface area contributed by atoms with E-state index in [2.05, 4.69) is 25.1 Å². The Morgan fingerprint density at radius 3 is 2.45 bits per heavy atom. The number of carbonyl (C=O) groups excluding carboxylic acids is 1. The zero-order valence-electron chi connectivity index (χ0n) is 32.3. The fourth-order valence-corrected chi connectivity index (χ4v) is 8.51. The number of benzene rings is 4. The van der Waals surface area contributed by atoms with Crippen LogP contribution in [0.3, 0.4) is 0 Å². The predicted octanol–water partition coefficient (Wildman–Crippen LogP) is 6.67. The number of aromatic nitrogens is 8. The molecule has 304 valence electrons. The van der Waals surface area contributed by atoms with Gasteiger partial charge in [0.25, 0.3) is 5.56 Å². The Morgan fingerprint density at radius 2 is 1.72 bits per heavy atom. The second-order valence-corrected chi connectivity index (χ2v) is 17.1. The summed E-state index contributed by atoms with van der Waals surface area (Å²) < 4.78 is 61.1. The number of nitrogens with zero attached hydrogens (tertiary/aromatic N) is 8. The van der Waals surface area contributed by atoms with Crippen molar-refractivity contribution in [3.63, 3.8) is 0 Å². The maximum Gasteiger partial charge on any atom is 0.266 e. The molecule has 0 aliphatic heterocycles. The Balaban J connectivity index is 1.27. The van der Waals surface area contributed by atoms with Gasteiger partial charge in [-0.15, -0.1) is 0 Å². The highest BCUT2D eigenvalue weighted by molar-refractivity contribution is 7.92. The molecule has 1 aliphatic rings. The molecule has 0 bridgehead atoms. The van der Waals surface area contributed by atoms with E-state index in [1.807, 2.05) is 24.3 Å². The highest BCUT2D eigenvalue weighted by Gasteiger charge is 2.31. The third kappa shape index (κ3) is 7.34. The first-order valence-electron chi connectivity index (χ1n) is 18.9. The maximum atomic E-state index is 15.1. The molecule has 4 aromatic heterocycles. The van der Waals surface area contributed by atoms with Crippen LogP contribution in [-0.2, 0) is 34.8 Å². The zero-order chi connectivity index (χ0) is 42.0. The van der Waals surface area contributed by atoms with Crippen molar-refractivity contribution in [3.05, 3.63) is 135 Å². The van der Waals surface area contributed by atoms with Crippen LogP contribution in [0.2, 0.25) is 5.02 Å². The van der Waals surface area contributed by atoms with E-state index in [0.717, 1.165) is 53.9 Å². The van der Waals surface area contributed by atoms with Crippen molar-refractivity contribution in [1.29, 1.82) is 0 Å². The molecule has 0 saturated heterocycles. The maximum absolute atomic E-state index is 15.1. The summed E-state index contributed by atoms with van der Waals surface area (Å²) >= 11 is 6.70. The lowest BCUT2D eigenvalue weighted by Gasteiger charge is -2.24. The third-order valence-electron chi connectivity index (χ3n) is 10.4. The topological polar surface area (TPSA) is 172 Å². The molecule has 8 aromatic rings. The highest BCUT2D eigenvalue weighted by Crippen LogP contribution is 2.42. The molecule has 9 rings (SSSR count). The van der Waals surface area contributed by atoms with Crippen LogP contribution in [0, 0.1) is 18.6 Å². The standard InChI is InChI=1S/C42H35ClF2N10O4S/c1-22-37(47-15-14-46-22)25-10-11-28-31(19-25)49-41(55(42(28)57)34-13-12-30(43)36-39(34)53(2)51-40(36)52-60(3,58)59)32(18-23-16-26(44)20-27(45)17-23)48-35(56)21-54-33-7-5-4-6-29(33)38(50-54)24-8-9-24/h4-7,10-17,19-20,24,32H,8-9,18,21H2,1-3H3,(H,48,56)(H,51,52)/t32-/m0/s1. The van der Waals surface area contributed by atoms with E-state index in [-0.39, 0.29) is 62.7 Å². The fraction of sp³-hybridized carbons (Fsp3) is 0.214. The second kappa shape index (κ2) is 14.9. The number of para-hydroxylation sites is 1. The third-order valence-corrected chi connectivity index (χ3v) is 11.3. The van der Waals surface area contributed by atoms with Gasteiger partial charge >= 0.3 is 0 Å². The lowest BCUT2D eigenvalue weighted by atomic mass is 10.0. The Morgan fingerprint density at radius 1 is 0.967 bits per heavy atom. The van der Waals surface area contributed by atoms with Crippen molar-refractivity contribution in [1.82, 2.24) is 44.4 Å². The van der Waals surface area contributed by atoms with Crippen molar-refractivity contribution in [2.24, 2.45) is 7.05 Å². The van der Waals surface area contributed by atoms with Crippen LogP contribution in [0.15, 0.2) is 90.0 Å². The van der Waals surface area contributed by atoms with Crippen LogP contribution in [0.4, 0.5) is 14.6 Å².